The molecule has 5 heteroatoms. The third kappa shape index (κ3) is 8.33. The summed E-state index contributed by atoms with van der Waals surface area (Å²) in [5.41, 5.74) is 15.0. The lowest BCUT2D eigenvalue weighted by Gasteiger charge is -2.10. The lowest BCUT2D eigenvalue weighted by atomic mass is 10.0. The minimum absolute atomic E-state index is 0.431. The average Bonchev–Trinajstić information content (AvgIpc) is 3.02. The molecule has 0 saturated heterocycles. The molecule has 0 spiro atoms. The van der Waals surface area contributed by atoms with E-state index >= 15 is 0 Å². The van der Waals surface area contributed by atoms with Gasteiger partial charge in [-0.3, -0.25) is 4.99 Å². The molecular weight excluding hydrogens is 346 g/mol. The summed E-state index contributed by atoms with van der Waals surface area (Å²) in [6, 6.07) is 0. The first kappa shape index (κ1) is 25.3. The van der Waals surface area contributed by atoms with Crippen LogP contribution < -0.4 is 11.5 Å². The summed E-state index contributed by atoms with van der Waals surface area (Å²) < 4.78 is 0. The van der Waals surface area contributed by atoms with Crippen LogP contribution in [0.5, 0.6) is 0 Å². The van der Waals surface area contributed by atoms with Gasteiger partial charge in [0.2, 0.25) is 0 Å². The van der Waals surface area contributed by atoms with E-state index < -0.39 is 0 Å². The molecule has 4 N–H and O–H groups in total. The maximum absolute atomic E-state index is 6.13. The molecule has 2 rings (SSSR count). The van der Waals surface area contributed by atoms with Crippen LogP contribution in [0.1, 0.15) is 71.7 Å². The van der Waals surface area contributed by atoms with Gasteiger partial charge in [-0.05, 0) is 39.0 Å². The first-order valence-corrected chi connectivity index (χ1v) is 10.2. The quantitative estimate of drug-likeness (QED) is 0.597. The topological polar surface area (TPSA) is 90.2 Å². The van der Waals surface area contributed by atoms with Crippen LogP contribution in [-0.4, -0.2) is 16.2 Å². The molecule has 1 aromatic rings. The van der Waals surface area contributed by atoms with Crippen LogP contribution in [0.4, 0.5) is 11.6 Å². The first-order valence-electron chi connectivity index (χ1n) is 10.2. The number of aromatic nitrogens is 2. The van der Waals surface area contributed by atoms with Gasteiger partial charge >= 0.3 is 0 Å². The van der Waals surface area contributed by atoms with Gasteiger partial charge in [-0.1, -0.05) is 70.2 Å². The van der Waals surface area contributed by atoms with Crippen molar-refractivity contribution < 1.29 is 0 Å². The number of hydrogen-bond donors (Lipinski definition) is 2. The summed E-state index contributed by atoms with van der Waals surface area (Å²) in [6.45, 7) is 13.7. The first-order chi connectivity index (χ1) is 13.7. The van der Waals surface area contributed by atoms with Gasteiger partial charge in [0.05, 0.1) is 0 Å². The maximum Gasteiger partial charge on any atom is 0.181 e. The number of nitrogens with zero attached hydrogens (tertiary/aromatic N) is 3. The van der Waals surface area contributed by atoms with E-state index in [1.807, 2.05) is 59.1 Å². The zero-order valence-electron chi connectivity index (χ0n) is 18.2. The Morgan fingerprint density at radius 2 is 1.75 bits per heavy atom. The normalized spacial score (nSPS) is 13.6. The Bertz CT molecular complexity index is 689. The predicted octanol–water partition coefficient (Wildman–Crippen LogP) is 5.91. The average molecular weight is 384 g/mol. The SMILES string of the molecule is C=C/C=C\C(=C/C)CCc1c(N)nc(C2=CCCCC=N2)nc1N.CC.CC. The van der Waals surface area contributed by atoms with Crippen molar-refractivity contribution in [2.24, 2.45) is 4.99 Å². The van der Waals surface area contributed by atoms with Crippen molar-refractivity contribution in [3.8, 4) is 0 Å². The predicted molar refractivity (Wildman–Crippen MR) is 125 cm³/mol. The molecule has 0 aliphatic carbocycles. The van der Waals surface area contributed by atoms with Gasteiger partial charge in [-0.15, -0.1) is 0 Å². The fourth-order valence-electron chi connectivity index (χ4n) is 2.49. The van der Waals surface area contributed by atoms with Gasteiger partial charge in [0, 0.05) is 11.8 Å². The Hall–Kier alpha value is -2.69. The van der Waals surface area contributed by atoms with Crippen molar-refractivity contribution in [3.63, 3.8) is 0 Å². The van der Waals surface area contributed by atoms with E-state index in [9.17, 15) is 0 Å². The van der Waals surface area contributed by atoms with Crippen LogP contribution in [0, 0.1) is 0 Å². The van der Waals surface area contributed by atoms with E-state index in [2.05, 4.69) is 27.6 Å². The van der Waals surface area contributed by atoms with Gasteiger partial charge in [0.25, 0.3) is 0 Å². The molecule has 0 bridgehead atoms. The Morgan fingerprint density at radius 1 is 1.11 bits per heavy atom. The second-order valence-electron chi connectivity index (χ2n) is 5.59. The van der Waals surface area contributed by atoms with Gasteiger partial charge in [-0.2, -0.15) is 0 Å². The van der Waals surface area contributed by atoms with Crippen LogP contribution >= 0.6 is 0 Å². The van der Waals surface area contributed by atoms with Gasteiger partial charge in [0.15, 0.2) is 5.82 Å². The number of rotatable bonds is 6. The van der Waals surface area contributed by atoms with Crippen molar-refractivity contribution in [3.05, 3.63) is 53.9 Å². The zero-order valence-corrected chi connectivity index (χ0v) is 18.2. The number of nitrogen functional groups attached to an aromatic ring is 2. The van der Waals surface area contributed by atoms with E-state index in [-0.39, 0.29) is 0 Å². The molecule has 1 aliphatic heterocycles. The number of allylic oxidation sites excluding steroid dienone is 6. The maximum atomic E-state index is 6.13. The summed E-state index contributed by atoms with van der Waals surface area (Å²) >= 11 is 0. The van der Waals surface area contributed by atoms with E-state index in [0.29, 0.717) is 23.9 Å². The van der Waals surface area contributed by atoms with Crippen molar-refractivity contribution in [2.45, 2.75) is 66.7 Å². The number of hydrogen-bond acceptors (Lipinski definition) is 5. The molecule has 28 heavy (non-hydrogen) atoms. The summed E-state index contributed by atoms with van der Waals surface area (Å²) in [6.07, 6.45) is 16.2. The molecule has 0 aromatic carbocycles. The highest BCUT2D eigenvalue weighted by atomic mass is 15.0. The number of nitrogens with two attached hydrogens (primary N) is 2. The molecule has 1 aromatic heterocycles. The Labute approximate surface area is 171 Å². The van der Waals surface area contributed by atoms with Crippen molar-refractivity contribution >= 4 is 23.5 Å². The molecular formula is C23H37N5. The lowest BCUT2D eigenvalue weighted by molar-refractivity contribution is 0.911. The van der Waals surface area contributed by atoms with E-state index in [1.165, 1.54) is 5.57 Å². The highest BCUT2D eigenvalue weighted by Crippen LogP contribution is 2.24. The molecule has 0 radical (unpaired) electrons. The van der Waals surface area contributed by atoms with Gasteiger partial charge in [0.1, 0.15) is 17.3 Å². The highest BCUT2D eigenvalue weighted by molar-refractivity contribution is 5.73. The molecule has 154 valence electrons. The number of aliphatic imine (C=N–C) groups is 1. The Morgan fingerprint density at radius 3 is 2.32 bits per heavy atom. The molecule has 0 amide bonds. The van der Waals surface area contributed by atoms with E-state index in [0.717, 1.165) is 36.9 Å². The zero-order chi connectivity index (χ0) is 21.4. The largest absolute Gasteiger partial charge is 0.383 e. The van der Waals surface area contributed by atoms with Crippen LogP contribution in [0.2, 0.25) is 0 Å². The third-order valence-electron chi connectivity index (χ3n) is 3.89. The summed E-state index contributed by atoms with van der Waals surface area (Å²) in [5.74, 6) is 1.37. The minimum atomic E-state index is 0.431. The fraction of sp³-hybridized carbons (Fsp3) is 0.435. The Balaban J connectivity index is 0.00000171. The van der Waals surface area contributed by atoms with Gasteiger partial charge < -0.3 is 11.5 Å². The van der Waals surface area contributed by atoms with Crippen LogP contribution in [0.3, 0.4) is 0 Å². The third-order valence-corrected chi connectivity index (χ3v) is 3.89. The van der Waals surface area contributed by atoms with Crippen LogP contribution in [-0.2, 0) is 6.42 Å². The Kier molecular flexibility index (Phi) is 13.9. The van der Waals surface area contributed by atoms with Crippen LogP contribution in [0.25, 0.3) is 5.70 Å². The van der Waals surface area contributed by atoms with E-state index in [4.69, 9.17) is 11.5 Å². The molecule has 2 heterocycles. The second-order valence-corrected chi connectivity index (χ2v) is 5.59. The monoisotopic (exact) mass is 383 g/mol. The smallest absolute Gasteiger partial charge is 0.181 e. The van der Waals surface area contributed by atoms with Gasteiger partial charge in [-0.25, -0.2) is 9.97 Å². The van der Waals surface area contributed by atoms with Crippen molar-refractivity contribution in [1.29, 1.82) is 0 Å². The second kappa shape index (κ2) is 15.4. The summed E-state index contributed by atoms with van der Waals surface area (Å²) in [5, 5.41) is 0. The minimum Gasteiger partial charge on any atom is -0.383 e. The molecule has 5 nitrogen and oxygen atoms in total. The fourth-order valence-corrected chi connectivity index (χ4v) is 2.49. The highest BCUT2D eigenvalue weighted by Gasteiger charge is 2.13. The molecule has 0 fully saturated rings. The molecule has 1 aliphatic rings. The van der Waals surface area contributed by atoms with Crippen LogP contribution in [0.15, 0.2) is 47.5 Å². The molecule has 0 saturated carbocycles. The van der Waals surface area contributed by atoms with Crippen molar-refractivity contribution in [2.75, 3.05) is 11.5 Å². The van der Waals surface area contributed by atoms with Crippen molar-refractivity contribution in [1.82, 2.24) is 9.97 Å². The number of anilines is 2. The molecule has 0 atom stereocenters. The molecule has 0 unspecified atom stereocenters. The summed E-state index contributed by atoms with van der Waals surface area (Å²) in [4.78, 5) is 13.2. The van der Waals surface area contributed by atoms with E-state index in [1.54, 1.807) is 6.08 Å². The standard InChI is InChI=1S/C19H25N5.2C2H6/c1-3-5-9-14(4-2)11-12-15-17(20)23-19(24-18(15)21)16-10-7-6-8-13-22-16;2*1-2/h3-5,9-10,13H,1,6-8,11-12H2,2H3,(H4,20,21,23,24);2*1-2H3/b9-5-,14-4+;;. The summed E-state index contributed by atoms with van der Waals surface area (Å²) in [7, 11) is 0. The lowest BCUT2D eigenvalue weighted by Crippen LogP contribution is -2.09.